The number of nitrogens with zero attached hydrogens (tertiary/aromatic N) is 2. The molecule has 2 aromatic carbocycles. The summed E-state index contributed by atoms with van der Waals surface area (Å²) in [6.07, 6.45) is 0.753. The summed E-state index contributed by atoms with van der Waals surface area (Å²) in [5.41, 5.74) is 2.15. The number of fused-ring (bicyclic) bond motifs is 2. The van der Waals surface area contributed by atoms with Gasteiger partial charge in [0.1, 0.15) is 11.6 Å². The van der Waals surface area contributed by atoms with Crippen molar-refractivity contribution < 1.29 is 23.8 Å². The van der Waals surface area contributed by atoms with E-state index < -0.39 is 6.10 Å². The molecule has 9 nitrogen and oxygen atoms in total. The molecule has 0 aliphatic carbocycles. The molecule has 0 radical (unpaired) electrons. The molecule has 2 amide bonds. The van der Waals surface area contributed by atoms with Crippen LogP contribution in [0.15, 0.2) is 48.7 Å². The van der Waals surface area contributed by atoms with E-state index in [0.717, 1.165) is 5.56 Å². The lowest BCUT2D eigenvalue weighted by atomic mass is 10.1. The van der Waals surface area contributed by atoms with Crippen LogP contribution in [-0.4, -0.2) is 41.5 Å². The molecule has 1 atom stereocenters. The highest BCUT2D eigenvalue weighted by Crippen LogP contribution is 2.38. The maximum absolute atomic E-state index is 12.9. The molecule has 152 valence electrons. The van der Waals surface area contributed by atoms with Crippen molar-refractivity contribution in [1.82, 2.24) is 10.2 Å². The quantitative estimate of drug-likeness (QED) is 0.693. The van der Waals surface area contributed by atoms with Crippen molar-refractivity contribution in [2.24, 2.45) is 0 Å². The maximum atomic E-state index is 12.9. The van der Waals surface area contributed by atoms with Gasteiger partial charge in [0, 0.05) is 12.5 Å². The van der Waals surface area contributed by atoms with Crippen molar-refractivity contribution in [2.75, 3.05) is 23.6 Å². The largest absolute Gasteiger partial charge is 0.476 e. The highest BCUT2D eigenvalue weighted by atomic mass is 16.7. The first-order chi connectivity index (χ1) is 14.6. The summed E-state index contributed by atoms with van der Waals surface area (Å²) in [5, 5.41) is 9.68. The Morgan fingerprint density at radius 1 is 1.13 bits per heavy atom. The fraction of sp³-hybridized carbons (Fsp3) is 0.190. The number of benzene rings is 2. The minimum atomic E-state index is -0.864. The number of ether oxygens (including phenoxy) is 3. The van der Waals surface area contributed by atoms with Gasteiger partial charge in [-0.15, -0.1) is 0 Å². The lowest BCUT2D eigenvalue weighted by Crippen LogP contribution is -2.48. The summed E-state index contributed by atoms with van der Waals surface area (Å²) in [6.45, 7) is 1.76. The Balaban J connectivity index is 1.38. The van der Waals surface area contributed by atoms with Crippen LogP contribution in [0.1, 0.15) is 6.92 Å². The van der Waals surface area contributed by atoms with Gasteiger partial charge in [-0.05, 0) is 29.8 Å². The third kappa shape index (κ3) is 3.10. The number of aromatic amines is 1. The molecule has 3 aromatic rings. The van der Waals surface area contributed by atoms with E-state index in [1.807, 2.05) is 24.3 Å². The van der Waals surface area contributed by atoms with E-state index in [9.17, 15) is 9.59 Å². The molecule has 1 aromatic heterocycles. The van der Waals surface area contributed by atoms with Gasteiger partial charge in [0.2, 0.25) is 12.7 Å². The topological polar surface area (TPSA) is 106 Å². The van der Waals surface area contributed by atoms with Crippen molar-refractivity contribution in [1.29, 1.82) is 0 Å². The first kappa shape index (κ1) is 18.0. The molecular weight excluding hydrogens is 388 g/mol. The monoisotopic (exact) mass is 406 g/mol. The molecule has 0 fully saturated rings. The minimum Gasteiger partial charge on any atom is -0.476 e. The molecule has 2 aliphatic heterocycles. The molecule has 0 bridgehead atoms. The lowest BCUT2D eigenvalue weighted by Gasteiger charge is -2.33. The zero-order valence-corrected chi connectivity index (χ0v) is 16.0. The van der Waals surface area contributed by atoms with Gasteiger partial charge in [0.25, 0.3) is 5.91 Å². The van der Waals surface area contributed by atoms with Gasteiger partial charge in [-0.25, -0.2) is 0 Å². The number of carbonyl (C=O) groups is 2. The SMILES string of the molecule is CC(=O)N1CC(C(=O)Nc2[nH]ncc2-c2ccc3c(c2)OCO3)Oc2ccccc21. The van der Waals surface area contributed by atoms with Crippen LogP contribution >= 0.6 is 0 Å². The summed E-state index contributed by atoms with van der Waals surface area (Å²) in [5.74, 6) is 1.67. The van der Waals surface area contributed by atoms with E-state index in [2.05, 4.69) is 15.5 Å². The molecule has 2 aliphatic rings. The molecule has 3 heterocycles. The molecule has 9 heteroatoms. The van der Waals surface area contributed by atoms with Crippen LogP contribution < -0.4 is 24.4 Å². The fourth-order valence-electron chi connectivity index (χ4n) is 3.54. The van der Waals surface area contributed by atoms with Crippen LogP contribution in [0.3, 0.4) is 0 Å². The standard InChI is InChI=1S/C21H18N4O5/c1-12(26)25-10-19(30-16-5-3-2-4-15(16)25)21(27)23-20-14(9-22-24-20)13-6-7-17-18(8-13)29-11-28-17/h2-9,19H,10-11H2,1H3,(H2,22,23,24,27). The number of rotatable bonds is 3. The van der Waals surface area contributed by atoms with Gasteiger partial charge in [-0.2, -0.15) is 5.10 Å². The predicted octanol–water partition coefficient (Wildman–Crippen LogP) is 2.56. The highest BCUT2D eigenvalue weighted by Gasteiger charge is 2.33. The second-order valence-electron chi connectivity index (χ2n) is 6.92. The predicted molar refractivity (Wildman–Crippen MR) is 108 cm³/mol. The van der Waals surface area contributed by atoms with Gasteiger partial charge in [0.15, 0.2) is 17.6 Å². The Kier molecular flexibility index (Phi) is 4.27. The Morgan fingerprint density at radius 3 is 2.83 bits per heavy atom. The van der Waals surface area contributed by atoms with E-state index in [0.29, 0.717) is 34.3 Å². The van der Waals surface area contributed by atoms with E-state index in [1.54, 1.807) is 24.4 Å². The first-order valence-electron chi connectivity index (χ1n) is 9.38. The second kappa shape index (κ2) is 7.11. The van der Waals surface area contributed by atoms with Crippen molar-refractivity contribution in [2.45, 2.75) is 13.0 Å². The molecule has 30 heavy (non-hydrogen) atoms. The number of carbonyl (C=O) groups excluding carboxylic acids is 2. The van der Waals surface area contributed by atoms with Crippen LogP contribution in [0, 0.1) is 0 Å². The number of aromatic nitrogens is 2. The molecule has 1 unspecified atom stereocenters. The van der Waals surface area contributed by atoms with Crippen molar-refractivity contribution >= 4 is 23.3 Å². The Hall–Kier alpha value is -4.01. The van der Waals surface area contributed by atoms with Gasteiger partial charge in [-0.1, -0.05) is 18.2 Å². The summed E-state index contributed by atoms with van der Waals surface area (Å²) in [4.78, 5) is 26.6. The summed E-state index contributed by atoms with van der Waals surface area (Å²) in [6, 6.07) is 12.6. The lowest BCUT2D eigenvalue weighted by molar-refractivity contribution is -0.123. The van der Waals surface area contributed by atoms with Gasteiger partial charge >= 0.3 is 0 Å². The van der Waals surface area contributed by atoms with Gasteiger partial charge < -0.3 is 24.4 Å². The number of nitrogens with one attached hydrogen (secondary N) is 2. The molecule has 5 rings (SSSR count). The molecule has 0 saturated heterocycles. The summed E-state index contributed by atoms with van der Waals surface area (Å²) < 4.78 is 16.6. The first-order valence-corrected chi connectivity index (χ1v) is 9.38. The van der Waals surface area contributed by atoms with E-state index in [-0.39, 0.29) is 25.2 Å². The Bertz CT molecular complexity index is 1140. The molecule has 0 spiro atoms. The Morgan fingerprint density at radius 2 is 1.97 bits per heavy atom. The van der Waals surface area contributed by atoms with Crippen LogP contribution in [0.4, 0.5) is 11.5 Å². The van der Waals surface area contributed by atoms with Crippen LogP contribution in [0.25, 0.3) is 11.1 Å². The summed E-state index contributed by atoms with van der Waals surface area (Å²) in [7, 11) is 0. The number of hydrogen-bond donors (Lipinski definition) is 2. The third-order valence-corrected chi connectivity index (χ3v) is 5.02. The fourth-order valence-corrected chi connectivity index (χ4v) is 3.54. The van der Waals surface area contributed by atoms with Crippen LogP contribution in [0.5, 0.6) is 17.2 Å². The highest BCUT2D eigenvalue weighted by molar-refractivity contribution is 6.00. The zero-order valence-electron chi connectivity index (χ0n) is 16.0. The van der Waals surface area contributed by atoms with Crippen molar-refractivity contribution in [3.63, 3.8) is 0 Å². The Labute approximate surface area is 171 Å². The normalized spacial score (nSPS) is 16.6. The minimum absolute atomic E-state index is 0.117. The van der Waals surface area contributed by atoms with Crippen molar-refractivity contribution in [3.8, 4) is 28.4 Å². The second-order valence-corrected chi connectivity index (χ2v) is 6.92. The smallest absolute Gasteiger partial charge is 0.268 e. The van der Waals surface area contributed by atoms with Crippen LogP contribution in [0.2, 0.25) is 0 Å². The van der Waals surface area contributed by atoms with E-state index >= 15 is 0 Å². The average molecular weight is 406 g/mol. The zero-order chi connectivity index (χ0) is 20.7. The number of H-pyrrole nitrogens is 1. The molecular formula is C21H18N4O5. The van der Waals surface area contributed by atoms with Crippen LogP contribution in [-0.2, 0) is 9.59 Å². The van der Waals surface area contributed by atoms with Crippen molar-refractivity contribution in [3.05, 3.63) is 48.7 Å². The number of para-hydroxylation sites is 2. The number of anilines is 2. The molecule has 2 N–H and O–H groups in total. The van der Waals surface area contributed by atoms with E-state index in [1.165, 1.54) is 11.8 Å². The summed E-state index contributed by atoms with van der Waals surface area (Å²) >= 11 is 0. The number of hydrogen-bond acceptors (Lipinski definition) is 6. The van der Waals surface area contributed by atoms with Gasteiger partial charge in [0.05, 0.1) is 18.4 Å². The van der Waals surface area contributed by atoms with E-state index in [4.69, 9.17) is 14.2 Å². The third-order valence-electron chi connectivity index (χ3n) is 5.02. The number of amides is 2. The average Bonchev–Trinajstić information content (AvgIpc) is 3.41. The maximum Gasteiger partial charge on any atom is 0.268 e. The molecule has 0 saturated carbocycles. The van der Waals surface area contributed by atoms with Gasteiger partial charge in [-0.3, -0.25) is 14.7 Å².